The molecule has 1 rings (SSSR count). The van der Waals surface area contributed by atoms with Crippen LogP contribution in [-0.2, 0) is 0 Å². The van der Waals surface area contributed by atoms with Gasteiger partial charge in [0.05, 0.1) is 0 Å². The van der Waals surface area contributed by atoms with E-state index in [0.29, 0.717) is 11.4 Å². The Morgan fingerprint density at radius 1 is 1.73 bits per heavy atom. The minimum absolute atomic E-state index is 0. The fraction of sp³-hybridized carbons (Fsp3) is 0.429. The second-order valence-corrected chi connectivity index (χ2v) is 2.90. The summed E-state index contributed by atoms with van der Waals surface area (Å²) in [5.74, 6) is 0.164. The SMILES string of the molecule is Br.CCCC(=O)c1nccs1. The third-order valence-corrected chi connectivity index (χ3v) is 1.96. The average Bonchev–Trinajstić information content (AvgIpc) is 2.38. The van der Waals surface area contributed by atoms with Crippen LogP contribution in [0.3, 0.4) is 0 Å². The summed E-state index contributed by atoms with van der Waals surface area (Å²) in [6.45, 7) is 1.99. The fourth-order valence-corrected chi connectivity index (χ4v) is 1.30. The van der Waals surface area contributed by atoms with E-state index >= 15 is 0 Å². The van der Waals surface area contributed by atoms with Gasteiger partial charge in [-0.15, -0.1) is 28.3 Å². The molecule has 1 heterocycles. The van der Waals surface area contributed by atoms with Crippen molar-refractivity contribution in [2.75, 3.05) is 0 Å². The largest absolute Gasteiger partial charge is 0.292 e. The predicted octanol–water partition coefficient (Wildman–Crippen LogP) is 2.70. The molecule has 1 aromatic rings. The summed E-state index contributed by atoms with van der Waals surface area (Å²) >= 11 is 1.41. The van der Waals surface area contributed by atoms with E-state index < -0.39 is 0 Å². The van der Waals surface area contributed by atoms with Crippen molar-refractivity contribution in [1.29, 1.82) is 0 Å². The first-order valence-electron chi connectivity index (χ1n) is 3.27. The lowest BCUT2D eigenvalue weighted by Crippen LogP contribution is -1.95. The zero-order valence-electron chi connectivity index (χ0n) is 6.24. The summed E-state index contributed by atoms with van der Waals surface area (Å²) in [7, 11) is 0. The molecule has 2 nitrogen and oxygen atoms in total. The minimum atomic E-state index is 0. The van der Waals surface area contributed by atoms with Crippen molar-refractivity contribution >= 4 is 34.1 Å². The van der Waals surface area contributed by atoms with E-state index in [9.17, 15) is 4.79 Å². The third kappa shape index (κ3) is 3.12. The molecule has 0 spiro atoms. The van der Waals surface area contributed by atoms with Crippen LogP contribution in [0.15, 0.2) is 11.6 Å². The molecule has 0 saturated heterocycles. The quantitative estimate of drug-likeness (QED) is 0.755. The number of aromatic nitrogens is 1. The number of ketones is 1. The lowest BCUT2D eigenvalue weighted by atomic mass is 10.2. The Bertz CT molecular complexity index is 210. The number of thiazole rings is 1. The van der Waals surface area contributed by atoms with Crippen molar-refractivity contribution in [3.63, 3.8) is 0 Å². The molecule has 4 heteroatoms. The molecule has 0 amide bonds. The van der Waals surface area contributed by atoms with Crippen molar-refractivity contribution in [2.24, 2.45) is 0 Å². The number of carbonyl (C=O) groups excluding carboxylic acids is 1. The van der Waals surface area contributed by atoms with Gasteiger partial charge in [0.2, 0.25) is 0 Å². The first-order chi connectivity index (χ1) is 4.84. The number of rotatable bonds is 3. The van der Waals surface area contributed by atoms with Crippen LogP contribution in [0.4, 0.5) is 0 Å². The molecule has 0 radical (unpaired) electrons. The molecule has 0 aliphatic carbocycles. The van der Waals surface area contributed by atoms with Gasteiger partial charge in [0.1, 0.15) is 0 Å². The predicted molar refractivity (Wildman–Crippen MR) is 51.7 cm³/mol. The zero-order valence-corrected chi connectivity index (χ0v) is 8.77. The van der Waals surface area contributed by atoms with Gasteiger partial charge in [-0.1, -0.05) is 6.92 Å². The monoisotopic (exact) mass is 235 g/mol. The Morgan fingerprint density at radius 2 is 2.45 bits per heavy atom. The second kappa shape index (κ2) is 5.43. The fourth-order valence-electron chi connectivity index (χ4n) is 0.695. The highest BCUT2D eigenvalue weighted by molar-refractivity contribution is 8.93. The highest BCUT2D eigenvalue weighted by atomic mass is 79.9. The van der Waals surface area contributed by atoms with Crippen molar-refractivity contribution in [2.45, 2.75) is 19.8 Å². The molecule has 0 unspecified atom stereocenters. The molecule has 0 aliphatic rings. The van der Waals surface area contributed by atoms with Crippen molar-refractivity contribution in [1.82, 2.24) is 4.98 Å². The summed E-state index contributed by atoms with van der Waals surface area (Å²) in [5.41, 5.74) is 0. The van der Waals surface area contributed by atoms with Crippen LogP contribution in [0.2, 0.25) is 0 Å². The molecule has 0 fully saturated rings. The third-order valence-electron chi connectivity index (χ3n) is 1.15. The van der Waals surface area contributed by atoms with Gasteiger partial charge in [0.25, 0.3) is 0 Å². The maximum atomic E-state index is 11.1. The molecule has 0 saturated carbocycles. The van der Waals surface area contributed by atoms with Gasteiger partial charge < -0.3 is 0 Å². The summed E-state index contributed by atoms with van der Waals surface area (Å²) in [6, 6.07) is 0. The Labute approximate surface area is 80.4 Å². The smallest absolute Gasteiger partial charge is 0.191 e. The van der Waals surface area contributed by atoms with Gasteiger partial charge in [-0.2, -0.15) is 0 Å². The number of Topliss-reactive ketones (excluding diaryl/α,β-unsaturated/α-hetero) is 1. The maximum Gasteiger partial charge on any atom is 0.191 e. The van der Waals surface area contributed by atoms with Gasteiger partial charge in [0, 0.05) is 18.0 Å². The van der Waals surface area contributed by atoms with E-state index in [1.165, 1.54) is 11.3 Å². The van der Waals surface area contributed by atoms with Crippen molar-refractivity contribution in [3.05, 3.63) is 16.6 Å². The van der Waals surface area contributed by atoms with E-state index in [4.69, 9.17) is 0 Å². The van der Waals surface area contributed by atoms with E-state index in [-0.39, 0.29) is 22.8 Å². The minimum Gasteiger partial charge on any atom is -0.292 e. The number of hydrogen-bond acceptors (Lipinski definition) is 3. The van der Waals surface area contributed by atoms with Gasteiger partial charge in [-0.05, 0) is 6.42 Å². The van der Waals surface area contributed by atoms with Crippen molar-refractivity contribution in [3.8, 4) is 0 Å². The highest BCUT2D eigenvalue weighted by Crippen LogP contribution is 2.07. The summed E-state index contributed by atoms with van der Waals surface area (Å²) in [6.07, 6.45) is 3.18. The first kappa shape index (κ1) is 10.8. The molecule has 0 N–H and O–H groups in total. The number of nitrogens with zero attached hydrogens (tertiary/aromatic N) is 1. The molecule has 1 aromatic heterocycles. The van der Waals surface area contributed by atoms with Crippen LogP contribution in [0.1, 0.15) is 29.6 Å². The molecular formula is C7H10BrNOS. The Morgan fingerprint density at radius 3 is 2.91 bits per heavy atom. The van der Waals surface area contributed by atoms with Gasteiger partial charge in [0.15, 0.2) is 10.8 Å². The van der Waals surface area contributed by atoms with Crippen LogP contribution in [-0.4, -0.2) is 10.8 Å². The van der Waals surface area contributed by atoms with Crippen LogP contribution in [0, 0.1) is 0 Å². The zero-order chi connectivity index (χ0) is 7.40. The first-order valence-corrected chi connectivity index (χ1v) is 4.15. The summed E-state index contributed by atoms with van der Waals surface area (Å²) in [5, 5.41) is 2.46. The molecule has 11 heavy (non-hydrogen) atoms. The molecular weight excluding hydrogens is 226 g/mol. The van der Waals surface area contributed by atoms with Crippen molar-refractivity contribution < 1.29 is 4.79 Å². The summed E-state index contributed by atoms with van der Waals surface area (Å²) in [4.78, 5) is 15.0. The Balaban J connectivity index is 0.000001000. The van der Waals surface area contributed by atoms with E-state index in [2.05, 4.69) is 4.98 Å². The molecule has 0 atom stereocenters. The molecule has 62 valence electrons. The highest BCUT2D eigenvalue weighted by Gasteiger charge is 2.05. The van der Waals surface area contributed by atoms with Crippen LogP contribution < -0.4 is 0 Å². The van der Waals surface area contributed by atoms with E-state index in [1.54, 1.807) is 6.20 Å². The molecule has 0 aliphatic heterocycles. The van der Waals surface area contributed by atoms with Gasteiger partial charge in [-0.3, -0.25) is 4.79 Å². The molecule has 0 bridgehead atoms. The Kier molecular flexibility index (Phi) is 5.32. The second-order valence-electron chi connectivity index (χ2n) is 2.01. The average molecular weight is 236 g/mol. The normalized spacial score (nSPS) is 8.82. The summed E-state index contributed by atoms with van der Waals surface area (Å²) < 4.78 is 0. The topological polar surface area (TPSA) is 30.0 Å². The van der Waals surface area contributed by atoms with Crippen LogP contribution >= 0.6 is 28.3 Å². The van der Waals surface area contributed by atoms with E-state index in [0.717, 1.165) is 6.42 Å². The maximum absolute atomic E-state index is 11.1. The van der Waals surface area contributed by atoms with Crippen LogP contribution in [0.5, 0.6) is 0 Å². The van der Waals surface area contributed by atoms with E-state index in [1.807, 2.05) is 12.3 Å². The van der Waals surface area contributed by atoms with Gasteiger partial charge in [-0.25, -0.2) is 4.98 Å². The lowest BCUT2D eigenvalue weighted by Gasteiger charge is -1.89. The standard InChI is InChI=1S/C7H9NOS.BrH/c1-2-3-6(9)7-8-4-5-10-7;/h4-5H,2-3H2,1H3;1H. The molecule has 0 aromatic carbocycles. The number of hydrogen-bond donors (Lipinski definition) is 0. The number of halogens is 1. The van der Waals surface area contributed by atoms with Crippen LogP contribution in [0.25, 0.3) is 0 Å². The van der Waals surface area contributed by atoms with Gasteiger partial charge >= 0.3 is 0 Å². The Hall–Kier alpha value is -0.220. The lowest BCUT2D eigenvalue weighted by molar-refractivity contribution is 0.0981. The number of carbonyl (C=O) groups is 1.